The molecular weight excluding hydrogens is 371 g/mol. The molecule has 8 heteroatoms. The van der Waals surface area contributed by atoms with Crippen molar-refractivity contribution in [3.05, 3.63) is 66.0 Å². The molecule has 1 aliphatic heterocycles. The fraction of sp³-hybridized carbons (Fsp3) is 0.190. The maximum atomic E-state index is 13.4. The number of anilines is 1. The number of halogens is 1. The summed E-state index contributed by atoms with van der Waals surface area (Å²) in [4.78, 5) is 21.9. The Hall–Kier alpha value is -3.68. The number of aromatic amines is 2. The first-order chi connectivity index (χ1) is 14.1. The van der Waals surface area contributed by atoms with Crippen LogP contribution >= 0.6 is 0 Å². The van der Waals surface area contributed by atoms with E-state index in [-0.39, 0.29) is 17.6 Å². The van der Waals surface area contributed by atoms with E-state index in [1.54, 1.807) is 24.5 Å². The molecule has 1 amide bonds. The molecular formula is C21H19FN6O. The number of nitrogens with zero attached hydrogens (tertiary/aromatic N) is 3. The van der Waals surface area contributed by atoms with Gasteiger partial charge in [0, 0.05) is 47.4 Å². The molecule has 1 atom stereocenters. The van der Waals surface area contributed by atoms with Crippen molar-refractivity contribution in [2.45, 2.75) is 12.3 Å². The minimum absolute atomic E-state index is 0.0849. The average Bonchev–Trinajstić information content (AvgIpc) is 3.45. The number of benzene rings is 1. The molecule has 0 aliphatic carbocycles. The Kier molecular flexibility index (Phi) is 4.04. The van der Waals surface area contributed by atoms with Crippen LogP contribution < -0.4 is 5.73 Å². The Bertz CT molecular complexity index is 1210. The number of fused-ring (bicyclic) bond motifs is 1. The van der Waals surface area contributed by atoms with Crippen molar-refractivity contribution in [2.75, 3.05) is 18.8 Å². The third-order valence-electron chi connectivity index (χ3n) is 5.46. The fourth-order valence-corrected chi connectivity index (χ4v) is 4.02. The number of carbonyl (C=O) groups is 1. The molecule has 4 aromatic rings. The number of H-pyrrole nitrogens is 2. The molecule has 1 aliphatic rings. The monoisotopic (exact) mass is 390 g/mol. The zero-order chi connectivity index (χ0) is 20.0. The summed E-state index contributed by atoms with van der Waals surface area (Å²) in [5, 5.41) is 8.12. The van der Waals surface area contributed by atoms with Crippen LogP contribution in [-0.4, -0.2) is 44.1 Å². The molecule has 5 rings (SSSR count). The summed E-state index contributed by atoms with van der Waals surface area (Å²) in [7, 11) is 0. The van der Waals surface area contributed by atoms with Gasteiger partial charge in [-0.1, -0.05) is 0 Å². The van der Waals surface area contributed by atoms with Crippen molar-refractivity contribution >= 4 is 22.6 Å². The molecule has 0 spiro atoms. The molecule has 4 heterocycles. The Morgan fingerprint density at radius 3 is 3.00 bits per heavy atom. The molecule has 1 saturated heterocycles. The van der Waals surface area contributed by atoms with Crippen LogP contribution in [-0.2, 0) is 0 Å². The van der Waals surface area contributed by atoms with Crippen LogP contribution in [0.25, 0.3) is 22.0 Å². The number of amides is 1. The lowest BCUT2D eigenvalue weighted by atomic mass is 9.97. The Balaban J connectivity index is 1.38. The highest BCUT2D eigenvalue weighted by molar-refractivity contribution is 5.98. The maximum Gasteiger partial charge on any atom is 0.270 e. The zero-order valence-electron chi connectivity index (χ0n) is 15.5. The van der Waals surface area contributed by atoms with E-state index in [1.807, 2.05) is 17.0 Å². The van der Waals surface area contributed by atoms with Crippen molar-refractivity contribution in [1.82, 2.24) is 25.1 Å². The first-order valence-electron chi connectivity index (χ1n) is 9.41. The van der Waals surface area contributed by atoms with Crippen LogP contribution in [0.3, 0.4) is 0 Å². The van der Waals surface area contributed by atoms with Crippen LogP contribution in [0.4, 0.5) is 10.2 Å². The predicted molar refractivity (Wildman–Crippen MR) is 108 cm³/mol. The average molecular weight is 390 g/mol. The van der Waals surface area contributed by atoms with Crippen molar-refractivity contribution in [3.8, 4) is 11.1 Å². The number of likely N-dealkylation sites (tertiary alicyclic amines) is 1. The highest BCUT2D eigenvalue weighted by Crippen LogP contribution is 2.34. The minimum atomic E-state index is -0.330. The lowest BCUT2D eigenvalue weighted by Gasteiger charge is -2.16. The van der Waals surface area contributed by atoms with E-state index >= 15 is 0 Å². The van der Waals surface area contributed by atoms with Gasteiger partial charge in [0.25, 0.3) is 5.91 Å². The van der Waals surface area contributed by atoms with Gasteiger partial charge in [0.15, 0.2) is 0 Å². The number of nitrogens with two attached hydrogens (primary N) is 1. The van der Waals surface area contributed by atoms with Gasteiger partial charge in [-0.25, -0.2) is 9.37 Å². The number of aromatic nitrogens is 4. The Morgan fingerprint density at radius 2 is 2.14 bits per heavy atom. The summed E-state index contributed by atoms with van der Waals surface area (Å²) < 4.78 is 13.4. The first-order valence-corrected chi connectivity index (χ1v) is 9.41. The summed E-state index contributed by atoms with van der Waals surface area (Å²) in [5.41, 5.74) is 9.82. The quantitative estimate of drug-likeness (QED) is 0.499. The maximum absolute atomic E-state index is 13.4. The lowest BCUT2D eigenvalue weighted by Crippen LogP contribution is -2.28. The molecule has 3 aromatic heterocycles. The van der Waals surface area contributed by atoms with Gasteiger partial charge in [-0.05, 0) is 48.4 Å². The lowest BCUT2D eigenvalue weighted by molar-refractivity contribution is 0.0786. The van der Waals surface area contributed by atoms with E-state index in [0.29, 0.717) is 30.1 Å². The van der Waals surface area contributed by atoms with E-state index < -0.39 is 0 Å². The van der Waals surface area contributed by atoms with E-state index in [2.05, 4.69) is 20.2 Å². The van der Waals surface area contributed by atoms with Crippen molar-refractivity contribution < 1.29 is 9.18 Å². The van der Waals surface area contributed by atoms with E-state index in [9.17, 15) is 9.18 Å². The van der Waals surface area contributed by atoms with Crippen molar-refractivity contribution in [1.29, 1.82) is 0 Å². The summed E-state index contributed by atoms with van der Waals surface area (Å²) in [6.45, 7) is 1.22. The highest BCUT2D eigenvalue weighted by Gasteiger charge is 2.31. The second-order valence-corrected chi connectivity index (χ2v) is 7.32. The molecule has 1 aromatic carbocycles. The number of pyridine rings is 1. The molecule has 146 valence electrons. The summed E-state index contributed by atoms with van der Waals surface area (Å²) >= 11 is 0. The second-order valence-electron chi connectivity index (χ2n) is 7.32. The van der Waals surface area contributed by atoms with E-state index in [4.69, 9.17) is 5.73 Å². The SMILES string of the molecule is Nc1cc(-c2cn[nH]c2[C@@H]2CCN(C(=O)c3cc4ccc(F)cc4[nH]3)C2)ccn1. The molecule has 0 bridgehead atoms. The first kappa shape index (κ1) is 17.4. The third kappa shape index (κ3) is 3.12. The molecule has 29 heavy (non-hydrogen) atoms. The number of carbonyl (C=O) groups excluding carboxylic acids is 1. The normalized spacial score (nSPS) is 16.6. The van der Waals surface area contributed by atoms with Crippen molar-refractivity contribution in [3.63, 3.8) is 0 Å². The van der Waals surface area contributed by atoms with Gasteiger partial charge in [0.1, 0.15) is 17.3 Å². The molecule has 7 nitrogen and oxygen atoms in total. The highest BCUT2D eigenvalue weighted by atomic mass is 19.1. The van der Waals surface area contributed by atoms with Crippen molar-refractivity contribution in [2.24, 2.45) is 0 Å². The zero-order valence-corrected chi connectivity index (χ0v) is 15.5. The van der Waals surface area contributed by atoms with Gasteiger partial charge in [0.2, 0.25) is 0 Å². The van der Waals surface area contributed by atoms with Crippen LogP contribution in [0, 0.1) is 5.82 Å². The molecule has 0 unspecified atom stereocenters. The largest absolute Gasteiger partial charge is 0.384 e. The fourth-order valence-electron chi connectivity index (χ4n) is 4.02. The summed E-state index contributed by atoms with van der Waals surface area (Å²) in [5.74, 6) is 0.183. The number of hydrogen-bond donors (Lipinski definition) is 3. The number of hydrogen-bond acceptors (Lipinski definition) is 4. The second kappa shape index (κ2) is 6.73. The Morgan fingerprint density at radius 1 is 1.24 bits per heavy atom. The summed E-state index contributed by atoms with van der Waals surface area (Å²) in [6.07, 6.45) is 4.28. The Labute approximate surface area is 165 Å². The van der Waals surface area contributed by atoms with Crippen LogP contribution in [0.5, 0.6) is 0 Å². The standard InChI is InChI=1S/C21H19FN6O/c22-15-2-1-13-7-18(26-17(13)9-15)21(29)28-6-4-14(11-28)20-16(10-25-27-20)12-3-5-24-19(23)8-12/h1-3,5,7-10,14,26H,4,6,11H2,(H2,23,24)(H,25,27)/t14-/m1/s1. The van der Waals surface area contributed by atoms with Crippen LogP contribution in [0.2, 0.25) is 0 Å². The van der Waals surface area contributed by atoms with Crippen LogP contribution in [0.1, 0.15) is 28.5 Å². The van der Waals surface area contributed by atoms with Gasteiger partial charge in [-0.15, -0.1) is 0 Å². The minimum Gasteiger partial charge on any atom is -0.384 e. The third-order valence-corrected chi connectivity index (χ3v) is 5.46. The molecule has 4 N–H and O–H groups in total. The van der Waals surface area contributed by atoms with E-state index in [0.717, 1.165) is 28.6 Å². The molecule has 1 fully saturated rings. The van der Waals surface area contributed by atoms with Gasteiger partial charge >= 0.3 is 0 Å². The van der Waals surface area contributed by atoms with Gasteiger partial charge in [0.05, 0.1) is 6.20 Å². The molecule has 0 saturated carbocycles. The van der Waals surface area contributed by atoms with Crippen LogP contribution in [0.15, 0.2) is 48.8 Å². The number of nitrogens with one attached hydrogen (secondary N) is 2. The smallest absolute Gasteiger partial charge is 0.270 e. The molecule has 0 radical (unpaired) electrons. The van der Waals surface area contributed by atoms with E-state index in [1.165, 1.54) is 12.1 Å². The number of nitrogen functional groups attached to an aromatic ring is 1. The van der Waals surface area contributed by atoms with Gasteiger partial charge < -0.3 is 15.6 Å². The number of rotatable bonds is 3. The van der Waals surface area contributed by atoms with Gasteiger partial charge in [-0.3, -0.25) is 9.89 Å². The predicted octanol–water partition coefficient (Wildman–Crippen LogP) is 3.30. The van der Waals surface area contributed by atoms with Gasteiger partial charge in [-0.2, -0.15) is 5.10 Å². The summed E-state index contributed by atoms with van der Waals surface area (Å²) in [6, 6.07) is 9.94. The topological polar surface area (TPSA) is 104 Å².